The van der Waals surface area contributed by atoms with Crippen LogP contribution in [0.4, 0.5) is 13.2 Å². The maximum atomic E-state index is 12.3. The number of likely N-dealkylation sites (tertiary alicyclic amines) is 1. The van der Waals surface area contributed by atoms with Gasteiger partial charge in [0.2, 0.25) is 0 Å². The molecule has 0 aliphatic carbocycles. The zero-order valence-corrected chi connectivity index (χ0v) is 13.4. The van der Waals surface area contributed by atoms with Crippen molar-refractivity contribution in [2.75, 3.05) is 54.4 Å². The molecule has 1 aliphatic rings. The predicted molar refractivity (Wildman–Crippen MR) is 79.5 cm³/mol. The van der Waals surface area contributed by atoms with E-state index in [2.05, 4.69) is 4.99 Å². The van der Waals surface area contributed by atoms with Gasteiger partial charge in [0.15, 0.2) is 5.96 Å². The highest BCUT2D eigenvalue weighted by Gasteiger charge is 2.32. The predicted octanol–water partition coefficient (Wildman–Crippen LogP) is 2.13. The maximum Gasteiger partial charge on any atom is 0.401 e. The van der Waals surface area contributed by atoms with Crippen molar-refractivity contribution >= 4 is 5.96 Å². The zero-order valence-electron chi connectivity index (χ0n) is 13.4. The highest BCUT2D eigenvalue weighted by Crippen LogP contribution is 2.24. The summed E-state index contributed by atoms with van der Waals surface area (Å²) in [5, 5.41) is 0. The third-order valence-electron chi connectivity index (χ3n) is 3.70. The van der Waals surface area contributed by atoms with E-state index in [-0.39, 0.29) is 0 Å². The van der Waals surface area contributed by atoms with Crippen LogP contribution in [0.5, 0.6) is 0 Å². The van der Waals surface area contributed by atoms with Crippen molar-refractivity contribution in [1.29, 1.82) is 0 Å². The minimum atomic E-state index is -4.08. The smallest absolute Gasteiger partial charge is 0.349 e. The first-order valence-electron chi connectivity index (χ1n) is 7.37. The van der Waals surface area contributed by atoms with E-state index in [0.29, 0.717) is 19.0 Å². The Morgan fingerprint density at radius 2 is 1.62 bits per heavy atom. The molecule has 0 aromatic rings. The molecular weight excluding hydrogens is 281 g/mol. The Morgan fingerprint density at radius 3 is 2.05 bits per heavy atom. The van der Waals surface area contributed by atoms with E-state index >= 15 is 0 Å². The zero-order chi connectivity index (χ0) is 16.0. The first-order valence-corrected chi connectivity index (χ1v) is 7.37. The van der Waals surface area contributed by atoms with Crippen molar-refractivity contribution < 1.29 is 13.2 Å². The molecule has 1 saturated heterocycles. The van der Waals surface area contributed by atoms with Crippen LogP contribution in [-0.4, -0.2) is 81.2 Å². The number of aliphatic imine (C=N–C) groups is 1. The van der Waals surface area contributed by atoms with Gasteiger partial charge < -0.3 is 9.80 Å². The highest BCUT2D eigenvalue weighted by atomic mass is 19.4. The van der Waals surface area contributed by atoms with Crippen LogP contribution in [0.15, 0.2) is 4.99 Å². The second-order valence-electron chi connectivity index (χ2n) is 6.09. The lowest BCUT2D eigenvalue weighted by Gasteiger charge is -2.32. The van der Waals surface area contributed by atoms with Crippen LogP contribution in [0.3, 0.4) is 0 Å². The van der Waals surface area contributed by atoms with Crippen LogP contribution in [0.2, 0.25) is 0 Å². The quantitative estimate of drug-likeness (QED) is 0.587. The van der Waals surface area contributed by atoms with Crippen LogP contribution >= 0.6 is 0 Å². The van der Waals surface area contributed by atoms with E-state index < -0.39 is 12.7 Å². The normalized spacial score (nSPS) is 17.7. The second kappa shape index (κ2) is 7.87. The van der Waals surface area contributed by atoms with E-state index in [1.165, 1.54) is 4.90 Å². The molecule has 1 aliphatic heterocycles. The van der Waals surface area contributed by atoms with Gasteiger partial charge >= 0.3 is 6.18 Å². The molecule has 0 spiro atoms. The number of nitrogens with zero attached hydrogens (tertiary/aromatic N) is 4. The van der Waals surface area contributed by atoms with E-state index in [1.54, 1.807) is 0 Å². The molecule has 0 unspecified atom stereocenters. The Balaban J connectivity index is 2.32. The fraction of sp³-hybridized carbons (Fsp3) is 0.929. The van der Waals surface area contributed by atoms with Gasteiger partial charge in [0.1, 0.15) is 0 Å². The topological polar surface area (TPSA) is 22.1 Å². The van der Waals surface area contributed by atoms with E-state index in [4.69, 9.17) is 0 Å². The standard InChI is InChI=1S/C14H27F3N4/c1-19(2)13(20(3)4)18-8-5-12-6-9-21(10-7-12)11-14(15,16)17/h12H,5-11H2,1-4H3. The van der Waals surface area contributed by atoms with Gasteiger partial charge in [-0.25, -0.2) is 0 Å². The van der Waals surface area contributed by atoms with Crippen molar-refractivity contribution in [3.05, 3.63) is 0 Å². The number of alkyl halides is 3. The Labute approximate surface area is 125 Å². The van der Waals surface area contributed by atoms with Gasteiger partial charge in [0.05, 0.1) is 6.54 Å². The monoisotopic (exact) mass is 308 g/mol. The molecule has 1 rings (SSSR count). The number of halogens is 3. The molecule has 4 nitrogen and oxygen atoms in total. The van der Waals surface area contributed by atoms with Gasteiger partial charge in [-0.15, -0.1) is 0 Å². The van der Waals surface area contributed by atoms with Crippen LogP contribution in [0, 0.1) is 5.92 Å². The SMILES string of the molecule is CN(C)C(=NCCC1CCN(CC(F)(F)F)CC1)N(C)C. The van der Waals surface area contributed by atoms with Crippen LogP contribution in [0.1, 0.15) is 19.3 Å². The summed E-state index contributed by atoms with van der Waals surface area (Å²) in [4.78, 5) is 10.0. The van der Waals surface area contributed by atoms with Gasteiger partial charge in [0, 0.05) is 34.7 Å². The maximum absolute atomic E-state index is 12.3. The average Bonchev–Trinajstić information content (AvgIpc) is 2.33. The van der Waals surface area contributed by atoms with Crippen LogP contribution in [-0.2, 0) is 0 Å². The molecule has 7 heteroatoms. The molecular formula is C14H27F3N4. The number of hydrogen-bond acceptors (Lipinski definition) is 2. The van der Waals surface area contributed by atoms with Gasteiger partial charge in [-0.3, -0.25) is 9.89 Å². The van der Waals surface area contributed by atoms with Crippen molar-refractivity contribution in [3.8, 4) is 0 Å². The molecule has 0 atom stereocenters. The largest absolute Gasteiger partial charge is 0.401 e. The molecule has 0 aromatic carbocycles. The summed E-state index contributed by atoms with van der Waals surface area (Å²) in [6, 6.07) is 0. The lowest BCUT2D eigenvalue weighted by atomic mass is 9.93. The summed E-state index contributed by atoms with van der Waals surface area (Å²) in [7, 11) is 7.81. The lowest BCUT2D eigenvalue weighted by molar-refractivity contribution is -0.148. The molecule has 0 N–H and O–H groups in total. The molecule has 0 bridgehead atoms. The summed E-state index contributed by atoms with van der Waals surface area (Å²) in [6.45, 7) is 1.04. The van der Waals surface area contributed by atoms with Crippen molar-refractivity contribution in [3.63, 3.8) is 0 Å². The Hall–Kier alpha value is -0.980. The van der Waals surface area contributed by atoms with Crippen molar-refractivity contribution in [2.45, 2.75) is 25.4 Å². The molecule has 0 saturated carbocycles. The summed E-state index contributed by atoms with van der Waals surface area (Å²) >= 11 is 0. The molecule has 0 amide bonds. The van der Waals surface area contributed by atoms with E-state index in [1.807, 2.05) is 38.0 Å². The van der Waals surface area contributed by atoms with Gasteiger partial charge in [0.25, 0.3) is 0 Å². The number of hydrogen-bond donors (Lipinski definition) is 0. The van der Waals surface area contributed by atoms with Crippen LogP contribution in [0.25, 0.3) is 0 Å². The molecule has 21 heavy (non-hydrogen) atoms. The van der Waals surface area contributed by atoms with E-state index in [9.17, 15) is 13.2 Å². The first-order chi connectivity index (χ1) is 9.69. The average molecular weight is 308 g/mol. The van der Waals surface area contributed by atoms with Gasteiger partial charge in [-0.1, -0.05) is 0 Å². The summed E-state index contributed by atoms with van der Waals surface area (Å²) in [5.41, 5.74) is 0. The lowest BCUT2D eigenvalue weighted by Crippen LogP contribution is -2.40. The summed E-state index contributed by atoms with van der Waals surface area (Å²) in [6.07, 6.45) is -1.45. The molecule has 124 valence electrons. The molecule has 1 fully saturated rings. The number of rotatable bonds is 4. The van der Waals surface area contributed by atoms with Crippen molar-refractivity contribution in [2.24, 2.45) is 10.9 Å². The van der Waals surface area contributed by atoms with E-state index in [0.717, 1.165) is 31.8 Å². The summed E-state index contributed by atoms with van der Waals surface area (Å²) < 4.78 is 36.9. The molecule has 1 heterocycles. The van der Waals surface area contributed by atoms with Crippen molar-refractivity contribution in [1.82, 2.24) is 14.7 Å². The first kappa shape index (κ1) is 18.1. The van der Waals surface area contributed by atoms with Gasteiger partial charge in [-0.05, 0) is 38.3 Å². The van der Waals surface area contributed by atoms with Crippen LogP contribution < -0.4 is 0 Å². The fourth-order valence-electron chi connectivity index (χ4n) is 2.72. The van der Waals surface area contributed by atoms with Gasteiger partial charge in [-0.2, -0.15) is 13.2 Å². The third kappa shape index (κ3) is 7.02. The Bertz CT molecular complexity index is 322. The Morgan fingerprint density at radius 1 is 1.10 bits per heavy atom. The summed E-state index contributed by atoms with van der Waals surface area (Å²) in [5.74, 6) is 1.41. The number of piperidine rings is 1. The third-order valence-corrected chi connectivity index (χ3v) is 3.70. The minimum absolute atomic E-state index is 0.490. The molecule has 0 aromatic heterocycles. The Kier molecular flexibility index (Phi) is 6.77. The second-order valence-corrected chi connectivity index (χ2v) is 6.09. The fourth-order valence-corrected chi connectivity index (χ4v) is 2.72. The number of guanidine groups is 1. The highest BCUT2D eigenvalue weighted by molar-refractivity contribution is 5.79. The minimum Gasteiger partial charge on any atom is -0.349 e. The molecule has 0 radical (unpaired) electrons.